The van der Waals surface area contributed by atoms with Crippen molar-refractivity contribution in [1.29, 1.82) is 0 Å². The highest BCUT2D eigenvalue weighted by Gasteiger charge is 2.31. The minimum absolute atomic E-state index is 0.135. The Morgan fingerprint density at radius 1 is 1.38 bits per heavy atom. The molecule has 1 heterocycles. The molecule has 1 fully saturated rings. The van der Waals surface area contributed by atoms with E-state index in [0.717, 1.165) is 4.55 Å². The van der Waals surface area contributed by atoms with Crippen LogP contribution in [-0.2, 0) is 4.74 Å². The van der Waals surface area contributed by atoms with Gasteiger partial charge in [-0.3, -0.25) is 4.90 Å². The molecule has 1 saturated heterocycles. The van der Waals surface area contributed by atoms with Crippen LogP contribution in [0.1, 0.15) is 33.6 Å². The van der Waals surface area contributed by atoms with Gasteiger partial charge in [0.1, 0.15) is 0 Å². The summed E-state index contributed by atoms with van der Waals surface area (Å²) in [6.45, 7) is 8.86. The molecule has 0 saturated carbocycles. The Morgan fingerprint density at radius 3 is 2.31 bits per heavy atom. The summed E-state index contributed by atoms with van der Waals surface area (Å²) in [4.78, 5) is 2.48. The number of nitrogens with zero attached hydrogens (tertiary/aromatic N) is 1. The van der Waals surface area contributed by atoms with Crippen molar-refractivity contribution in [3.8, 4) is 0 Å². The van der Waals surface area contributed by atoms with Gasteiger partial charge in [-0.2, -0.15) is 0 Å². The van der Waals surface area contributed by atoms with Gasteiger partial charge in [-0.05, 0) is 33.6 Å². The summed E-state index contributed by atoms with van der Waals surface area (Å²) in [6.07, 6.45) is 2.71. The lowest BCUT2D eigenvalue weighted by Crippen LogP contribution is -2.44. The first-order valence-electron chi connectivity index (χ1n) is 5.02. The van der Waals surface area contributed by atoms with Crippen LogP contribution in [0.25, 0.3) is 0 Å². The van der Waals surface area contributed by atoms with E-state index < -0.39 is 0 Å². The van der Waals surface area contributed by atoms with Gasteiger partial charge in [0, 0.05) is 13.1 Å². The fourth-order valence-corrected chi connectivity index (χ4v) is 2.51. The number of likely N-dealkylation sites (tertiary alicyclic amines) is 1. The zero-order valence-corrected chi connectivity index (χ0v) is 11.0. The number of alkyl halides is 1. The fraction of sp³-hybridized carbons (Fsp3) is 1.00. The van der Waals surface area contributed by atoms with Gasteiger partial charge in [0.25, 0.3) is 0 Å². The molecule has 0 unspecified atom stereocenters. The predicted molar refractivity (Wildman–Crippen MR) is 64.3 cm³/mol. The molecule has 0 spiro atoms. The third-order valence-electron chi connectivity index (χ3n) is 2.60. The van der Waals surface area contributed by atoms with Crippen molar-refractivity contribution in [2.24, 2.45) is 0 Å². The summed E-state index contributed by atoms with van der Waals surface area (Å²) in [5.41, 5.74) is 0.135. The standard InChI is InChI=1S/C10H20INO/c1-9(2)13-10(3)4-6-12(8-11)7-5-10/h9H,4-8H2,1-3H3. The lowest BCUT2D eigenvalue weighted by Gasteiger charge is -2.39. The third kappa shape index (κ3) is 3.72. The van der Waals surface area contributed by atoms with E-state index in [9.17, 15) is 0 Å². The molecule has 1 rings (SSSR count). The van der Waals surface area contributed by atoms with E-state index in [2.05, 4.69) is 48.3 Å². The summed E-state index contributed by atoms with van der Waals surface area (Å²) in [7, 11) is 0. The highest BCUT2D eigenvalue weighted by atomic mass is 127. The van der Waals surface area contributed by atoms with Crippen LogP contribution < -0.4 is 0 Å². The fourth-order valence-electron chi connectivity index (χ4n) is 1.83. The molecule has 13 heavy (non-hydrogen) atoms. The highest BCUT2D eigenvalue weighted by Crippen LogP contribution is 2.27. The van der Waals surface area contributed by atoms with E-state index in [0.29, 0.717) is 6.10 Å². The Balaban J connectivity index is 2.37. The maximum atomic E-state index is 5.94. The first kappa shape index (κ1) is 11.7. The summed E-state index contributed by atoms with van der Waals surface area (Å²) < 4.78 is 7.09. The van der Waals surface area contributed by atoms with Gasteiger partial charge in [0.05, 0.1) is 16.3 Å². The van der Waals surface area contributed by atoms with E-state index in [-0.39, 0.29) is 5.60 Å². The lowest BCUT2D eigenvalue weighted by atomic mass is 9.93. The minimum atomic E-state index is 0.135. The zero-order valence-electron chi connectivity index (χ0n) is 8.85. The van der Waals surface area contributed by atoms with Crippen LogP contribution in [0.2, 0.25) is 0 Å². The van der Waals surface area contributed by atoms with Crippen LogP contribution in [0.3, 0.4) is 0 Å². The number of piperidine rings is 1. The average Bonchev–Trinajstić information content (AvgIpc) is 2.04. The molecule has 1 aliphatic rings. The topological polar surface area (TPSA) is 12.5 Å². The van der Waals surface area contributed by atoms with E-state index in [1.54, 1.807) is 0 Å². The van der Waals surface area contributed by atoms with Gasteiger partial charge >= 0.3 is 0 Å². The molecule has 0 amide bonds. The molecule has 0 radical (unpaired) electrons. The van der Waals surface area contributed by atoms with Gasteiger partial charge in [-0.25, -0.2) is 0 Å². The molecule has 0 N–H and O–H groups in total. The maximum absolute atomic E-state index is 5.94. The second-order valence-corrected chi connectivity index (χ2v) is 5.04. The van der Waals surface area contributed by atoms with Gasteiger partial charge in [-0.15, -0.1) is 0 Å². The van der Waals surface area contributed by atoms with Crippen LogP contribution in [-0.4, -0.2) is 34.2 Å². The number of hydrogen-bond acceptors (Lipinski definition) is 2. The van der Waals surface area contributed by atoms with Crippen molar-refractivity contribution in [2.75, 3.05) is 17.6 Å². The zero-order chi connectivity index (χ0) is 9.90. The van der Waals surface area contributed by atoms with E-state index in [1.165, 1.54) is 25.9 Å². The van der Waals surface area contributed by atoms with Gasteiger partial charge in [0.2, 0.25) is 0 Å². The molecule has 0 atom stereocenters. The Kier molecular flexibility index (Phi) is 4.45. The summed E-state index contributed by atoms with van der Waals surface area (Å²) >= 11 is 2.43. The summed E-state index contributed by atoms with van der Waals surface area (Å²) in [5, 5.41) is 0. The quantitative estimate of drug-likeness (QED) is 0.451. The highest BCUT2D eigenvalue weighted by molar-refractivity contribution is 14.1. The van der Waals surface area contributed by atoms with Crippen molar-refractivity contribution in [3.63, 3.8) is 0 Å². The van der Waals surface area contributed by atoms with Crippen LogP contribution in [0.5, 0.6) is 0 Å². The Labute approximate surface area is 95.2 Å². The molecule has 0 aromatic carbocycles. The molecule has 1 aliphatic heterocycles. The molecule has 3 heteroatoms. The predicted octanol–water partition coefficient (Wildman–Crippen LogP) is 2.66. The molecular formula is C10H20INO. The van der Waals surface area contributed by atoms with Gasteiger partial charge in [0.15, 0.2) is 0 Å². The first-order valence-corrected chi connectivity index (χ1v) is 6.54. The van der Waals surface area contributed by atoms with Crippen molar-refractivity contribution in [3.05, 3.63) is 0 Å². The van der Waals surface area contributed by atoms with Gasteiger partial charge in [-0.1, -0.05) is 22.6 Å². The normalized spacial score (nSPS) is 23.8. The van der Waals surface area contributed by atoms with E-state index >= 15 is 0 Å². The smallest absolute Gasteiger partial charge is 0.0682 e. The van der Waals surface area contributed by atoms with Crippen LogP contribution in [0, 0.1) is 0 Å². The minimum Gasteiger partial charge on any atom is -0.373 e. The molecule has 2 nitrogen and oxygen atoms in total. The Hall–Kier alpha value is 0.650. The summed E-state index contributed by atoms with van der Waals surface area (Å²) in [5.74, 6) is 0. The second kappa shape index (κ2) is 4.94. The Morgan fingerprint density at radius 2 is 1.92 bits per heavy atom. The average molecular weight is 297 g/mol. The van der Waals surface area contributed by atoms with Gasteiger partial charge < -0.3 is 4.74 Å². The van der Waals surface area contributed by atoms with Crippen LogP contribution in [0.15, 0.2) is 0 Å². The van der Waals surface area contributed by atoms with E-state index in [1.807, 2.05) is 0 Å². The van der Waals surface area contributed by atoms with Crippen molar-refractivity contribution < 1.29 is 4.74 Å². The van der Waals surface area contributed by atoms with Crippen LogP contribution in [0.4, 0.5) is 0 Å². The van der Waals surface area contributed by atoms with Crippen LogP contribution >= 0.6 is 22.6 Å². The molecule has 0 aromatic rings. The largest absolute Gasteiger partial charge is 0.373 e. The molecule has 0 aromatic heterocycles. The van der Waals surface area contributed by atoms with E-state index in [4.69, 9.17) is 4.74 Å². The second-order valence-electron chi connectivity index (χ2n) is 4.35. The maximum Gasteiger partial charge on any atom is 0.0682 e. The van der Waals surface area contributed by atoms with Crippen molar-refractivity contribution in [2.45, 2.75) is 45.3 Å². The number of hydrogen-bond donors (Lipinski definition) is 0. The summed E-state index contributed by atoms with van der Waals surface area (Å²) in [6, 6.07) is 0. The number of ether oxygens (including phenoxy) is 1. The molecule has 78 valence electrons. The lowest BCUT2D eigenvalue weighted by molar-refractivity contribution is -0.0976. The number of rotatable bonds is 3. The molecular weight excluding hydrogens is 277 g/mol. The van der Waals surface area contributed by atoms with Crippen molar-refractivity contribution in [1.82, 2.24) is 4.90 Å². The first-order chi connectivity index (χ1) is 6.06. The SMILES string of the molecule is CC(C)OC1(C)CCN(CI)CC1. The number of halogens is 1. The third-order valence-corrected chi connectivity index (χ3v) is 3.57. The Bertz CT molecular complexity index is 153. The molecule has 0 aliphatic carbocycles. The molecule has 0 bridgehead atoms. The van der Waals surface area contributed by atoms with Crippen molar-refractivity contribution >= 4 is 22.6 Å². The monoisotopic (exact) mass is 297 g/mol.